The van der Waals surface area contributed by atoms with Gasteiger partial charge < -0.3 is 5.32 Å². The molecule has 3 nitrogen and oxygen atoms in total. The quantitative estimate of drug-likeness (QED) is 0.920. The van der Waals surface area contributed by atoms with E-state index >= 15 is 0 Å². The third-order valence-corrected chi connectivity index (χ3v) is 4.45. The van der Waals surface area contributed by atoms with Crippen LogP contribution in [0.15, 0.2) is 28.9 Å². The zero-order chi connectivity index (χ0) is 14.0. The summed E-state index contributed by atoms with van der Waals surface area (Å²) in [5.74, 6) is -0.780. The number of nitrogens with zero attached hydrogens (tertiary/aromatic N) is 1. The summed E-state index contributed by atoms with van der Waals surface area (Å²) in [6.45, 7) is 3.81. The van der Waals surface area contributed by atoms with E-state index in [1.165, 1.54) is 23.5 Å². The number of hydrogen-bond acceptors (Lipinski definition) is 3. The van der Waals surface area contributed by atoms with E-state index in [1.54, 1.807) is 12.3 Å². The molecule has 1 aromatic heterocycles. The molecule has 0 aliphatic rings. The monoisotopic (exact) mass is 342 g/mol. The molecule has 1 unspecified atom stereocenters. The molecule has 0 saturated heterocycles. The topological polar surface area (TPSA) is 42.0 Å². The van der Waals surface area contributed by atoms with E-state index in [0.29, 0.717) is 0 Å². The van der Waals surface area contributed by atoms with Crippen LogP contribution in [0.25, 0.3) is 0 Å². The average molecular weight is 343 g/mol. The molecule has 0 bridgehead atoms. The van der Waals surface area contributed by atoms with Gasteiger partial charge in [0.2, 0.25) is 0 Å². The number of benzene rings is 1. The van der Waals surface area contributed by atoms with Gasteiger partial charge in [0, 0.05) is 11.1 Å². The van der Waals surface area contributed by atoms with Crippen molar-refractivity contribution in [3.63, 3.8) is 0 Å². The maximum Gasteiger partial charge on any atom is 0.253 e. The molecule has 1 atom stereocenters. The number of hydrogen-bond donors (Lipinski definition) is 1. The van der Waals surface area contributed by atoms with E-state index in [2.05, 4.69) is 26.2 Å². The molecule has 0 saturated carbocycles. The van der Waals surface area contributed by atoms with Gasteiger partial charge in [0.05, 0.1) is 16.1 Å². The fraction of sp³-hybridized carbons (Fsp3) is 0.231. The first-order chi connectivity index (χ1) is 8.99. The number of halogens is 2. The molecule has 2 rings (SSSR count). The molecule has 19 heavy (non-hydrogen) atoms. The van der Waals surface area contributed by atoms with Crippen molar-refractivity contribution in [2.75, 3.05) is 0 Å². The van der Waals surface area contributed by atoms with E-state index in [9.17, 15) is 9.18 Å². The molecule has 1 amide bonds. The number of rotatable bonds is 3. The maximum absolute atomic E-state index is 13.4. The Morgan fingerprint density at radius 1 is 1.53 bits per heavy atom. The molecule has 0 radical (unpaired) electrons. The Labute approximate surface area is 123 Å². The smallest absolute Gasteiger partial charge is 0.253 e. The Morgan fingerprint density at radius 3 is 2.89 bits per heavy atom. The van der Waals surface area contributed by atoms with Crippen molar-refractivity contribution in [3.8, 4) is 0 Å². The highest BCUT2D eigenvalue weighted by Crippen LogP contribution is 2.23. The lowest BCUT2D eigenvalue weighted by molar-refractivity contribution is 0.0938. The van der Waals surface area contributed by atoms with Gasteiger partial charge in [-0.25, -0.2) is 9.37 Å². The van der Waals surface area contributed by atoms with Crippen LogP contribution in [0.1, 0.15) is 33.2 Å². The number of carbonyl (C=O) groups excluding carboxylic acids is 1. The minimum atomic E-state index is -0.453. The molecule has 0 fully saturated rings. The second-order valence-electron chi connectivity index (χ2n) is 4.11. The Morgan fingerprint density at radius 2 is 2.26 bits per heavy atom. The molecule has 0 spiro atoms. The summed E-state index contributed by atoms with van der Waals surface area (Å²) < 4.78 is 13.5. The van der Waals surface area contributed by atoms with Gasteiger partial charge in [-0.2, -0.15) is 0 Å². The van der Waals surface area contributed by atoms with Crippen molar-refractivity contribution in [1.29, 1.82) is 0 Å². The molecule has 0 aliphatic heterocycles. The minimum Gasteiger partial charge on any atom is -0.343 e. The van der Waals surface area contributed by atoms with Crippen LogP contribution in [-0.4, -0.2) is 10.9 Å². The number of aromatic nitrogens is 1. The summed E-state index contributed by atoms with van der Waals surface area (Å²) in [7, 11) is 0. The highest BCUT2D eigenvalue weighted by atomic mass is 79.9. The summed E-state index contributed by atoms with van der Waals surface area (Å²) in [5, 5.41) is 3.64. The van der Waals surface area contributed by atoms with E-state index < -0.39 is 5.82 Å². The summed E-state index contributed by atoms with van der Waals surface area (Å²) in [4.78, 5) is 17.4. The fourth-order valence-electron chi connectivity index (χ4n) is 1.59. The predicted octanol–water partition coefficient (Wildman–Crippen LogP) is 3.84. The van der Waals surface area contributed by atoms with Crippen molar-refractivity contribution in [1.82, 2.24) is 10.3 Å². The molecule has 1 heterocycles. The summed E-state index contributed by atoms with van der Waals surface area (Å²) in [5.41, 5.74) is 0.278. The lowest BCUT2D eigenvalue weighted by atomic mass is 10.2. The van der Waals surface area contributed by atoms with E-state index in [4.69, 9.17) is 0 Å². The van der Waals surface area contributed by atoms with Gasteiger partial charge >= 0.3 is 0 Å². The zero-order valence-corrected chi connectivity index (χ0v) is 12.8. The highest BCUT2D eigenvalue weighted by Gasteiger charge is 2.17. The van der Waals surface area contributed by atoms with Crippen LogP contribution in [0.2, 0.25) is 0 Å². The number of aryl methyl sites for hydroxylation is 1. The first kappa shape index (κ1) is 14.1. The number of nitrogens with one attached hydrogen (secondary N) is 1. The first-order valence-electron chi connectivity index (χ1n) is 5.66. The molecular weight excluding hydrogens is 331 g/mol. The number of thiazole rings is 1. The highest BCUT2D eigenvalue weighted by molar-refractivity contribution is 9.10. The van der Waals surface area contributed by atoms with Crippen molar-refractivity contribution >= 4 is 33.2 Å². The molecule has 1 N–H and O–H groups in total. The van der Waals surface area contributed by atoms with Crippen LogP contribution in [0.3, 0.4) is 0 Å². The first-order valence-corrected chi connectivity index (χ1v) is 7.27. The third kappa shape index (κ3) is 3.19. The van der Waals surface area contributed by atoms with Crippen molar-refractivity contribution in [2.24, 2.45) is 0 Å². The van der Waals surface area contributed by atoms with E-state index in [0.717, 1.165) is 9.88 Å². The fourth-order valence-corrected chi connectivity index (χ4v) is 2.81. The minimum absolute atomic E-state index is 0.176. The van der Waals surface area contributed by atoms with Crippen molar-refractivity contribution in [3.05, 3.63) is 50.1 Å². The van der Waals surface area contributed by atoms with Crippen LogP contribution < -0.4 is 5.32 Å². The van der Waals surface area contributed by atoms with Crippen LogP contribution in [-0.2, 0) is 0 Å². The largest absolute Gasteiger partial charge is 0.343 e. The van der Waals surface area contributed by atoms with E-state index in [1.807, 2.05) is 13.8 Å². The van der Waals surface area contributed by atoms with Gasteiger partial charge in [-0.05, 0) is 41.9 Å². The van der Waals surface area contributed by atoms with Crippen LogP contribution in [0.4, 0.5) is 4.39 Å². The molecular formula is C13H12BrFN2OS. The Bertz CT molecular complexity index is 614. The normalized spacial score (nSPS) is 12.2. The van der Waals surface area contributed by atoms with Crippen LogP contribution >= 0.6 is 27.3 Å². The molecule has 0 aliphatic carbocycles. The predicted molar refractivity (Wildman–Crippen MR) is 76.8 cm³/mol. The standard InChI is InChI=1S/C13H12BrFN2OS/c1-7-6-16-13(19-7)8(2)17-12(18)9-4-3-5-10(15)11(9)14/h3-6,8H,1-2H3,(H,17,18). The van der Waals surface area contributed by atoms with Gasteiger partial charge in [-0.15, -0.1) is 11.3 Å². The number of amides is 1. The zero-order valence-electron chi connectivity index (χ0n) is 10.4. The lowest BCUT2D eigenvalue weighted by Gasteiger charge is -2.12. The van der Waals surface area contributed by atoms with Crippen molar-refractivity contribution in [2.45, 2.75) is 19.9 Å². The van der Waals surface area contributed by atoms with Crippen molar-refractivity contribution < 1.29 is 9.18 Å². The van der Waals surface area contributed by atoms with Gasteiger partial charge in [-0.3, -0.25) is 4.79 Å². The molecule has 100 valence electrons. The van der Waals surface area contributed by atoms with Crippen LogP contribution in [0.5, 0.6) is 0 Å². The Kier molecular flexibility index (Phi) is 4.31. The molecule has 6 heteroatoms. The Hall–Kier alpha value is -1.27. The Balaban J connectivity index is 2.15. The summed E-state index contributed by atoms with van der Waals surface area (Å²) >= 11 is 4.61. The molecule has 2 aromatic rings. The van der Waals surface area contributed by atoms with Gasteiger partial charge in [0.1, 0.15) is 10.8 Å². The summed E-state index contributed by atoms with van der Waals surface area (Å²) in [6.07, 6.45) is 1.76. The second kappa shape index (κ2) is 5.79. The maximum atomic E-state index is 13.4. The molecule has 1 aromatic carbocycles. The summed E-state index contributed by atoms with van der Waals surface area (Å²) in [6, 6.07) is 4.17. The SMILES string of the molecule is Cc1cnc(C(C)NC(=O)c2cccc(F)c2Br)s1. The van der Waals surface area contributed by atoms with Gasteiger partial charge in [-0.1, -0.05) is 6.07 Å². The average Bonchev–Trinajstić information content (AvgIpc) is 2.79. The van der Waals surface area contributed by atoms with Crippen LogP contribution in [0, 0.1) is 12.7 Å². The van der Waals surface area contributed by atoms with Gasteiger partial charge in [0.25, 0.3) is 5.91 Å². The number of carbonyl (C=O) groups is 1. The van der Waals surface area contributed by atoms with Gasteiger partial charge in [0.15, 0.2) is 0 Å². The second-order valence-corrected chi connectivity index (χ2v) is 6.17. The lowest BCUT2D eigenvalue weighted by Crippen LogP contribution is -2.27. The van der Waals surface area contributed by atoms with E-state index in [-0.39, 0.29) is 22.0 Å². The third-order valence-electron chi connectivity index (χ3n) is 2.55.